The first-order valence-electron chi connectivity index (χ1n) is 7.40. The Morgan fingerprint density at radius 3 is 2.52 bits per heavy atom. The van der Waals surface area contributed by atoms with Crippen molar-refractivity contribution in [2.24, 2.45) is 0 Å². The molecule has 0 saturated heterocycles. The Hall–Kier alpha value is -1.68. The fourth-order valence-electron chi connectivity index (χ4n) is 2.05. The van der Waals surface area contributed by atoms with Crippen molar-refractivity contribution in [3.05, 3.63) is 59.1 Å². The fourth-order valence-corrected chi connectivity index (χ4v) is 4.13. The van der Waals surface area contributed by atoms with E-state index in [0.717, 1.165) is 10.0 Å². The summed E-state index contributed by atoms with van der Waals surface area (Å²) in [6, 6.07) is 16.2. The van der Waals surface area contributed by atoms with E-state index in [-0.39, 0.29) is 11.4 Å². The number of halogens is 1. The molecule has 9 heteroatoms. The van der Waals surface area contributed by atoms with Crippen LogP contribution in [0.1, 0.15) is 0 Å². The molecule has 0 aliphatic rings. The number of nitrogens with zero attached hydrogens (tertiary/aromatic N) is 2. The van der Waals surface area contributed by atoms with Gasteiger partial charge in [-0.3, -0.25) is 5.10 Å². The van der Waals surface area contributed by atoms with Crippen molar-refractivity contribution in [1.82, 2.24) is 19.9 Å². The molecule has 0 fully saturated rings. The molecule has 130 valence electrons. The first-order chi connectivity index (χ1) is 12.0. The molecule has 3 rings (SSSR count). The minimum absolute atomic E-state index is 0.241. The van der Waals surface area contributed by atoms with Crippen LogP contribution < -0.4 is 4.72 Å². The largest absolute Gasteiger partial charge is 0.258 e. The number of hydrogen-bond acceptors (Lipinski definition) is 5. The van der Waals surface area contributed by atoms with E-state index in [1.165, 1.54) is 11.8 Å². The van der Waals surface area contributed by atoms with Gasteiger partial charge in [-0.05, 0) is 24.3 Å². The zero-order chi connectivity index (χ0) is 17.7. The van der Waals surface area contributed by atoms with Gasteiger partial charge in [0.2, 0.25) is 15.2 Å². The molecule has 1 heterocycles. The molecule has 0 spiro atoms. The van der Waals surface area contributed by atoms with Gasteiger partial charge in [0.05, 0.1) is 4.90 Å². The van der Waals surface area contributed by atoms with E-state index in [4.69, 9.17) is 0 Å². The van der Waals surface area contributed by atoms with E-state index in [0.29, 0.717) is 16.7 Å². The van der Waals surface area contributed by atoms with Crippen LogP contribution in [0.15, 0.2) is 69.1 Å². The van der Waals surface area contributed by atoms with E-state index in [9.17, 15) is 8.42 Å². The Balaban J connectivity index is 1.52. The van der Waals surface area contributed by atoms with Crippen molar-refractivity contribution < 1.29 is 8.42 Å². The summed E-state index contributed by atoms with van der Waals surface area (Å²) < 4.78 is 27.7. The minimum Gasteiger partial charge on any atom is -0.258 e. The van der Waals surface area contributed by atoms with Crippen LogP contribution in [0, 0.1) is 0 Å². The van der Waals surface area contributed by atoms with E-state index < -0.39 is 10.0 Å². The summed E-state index contributed by atoms with van der Waals surface area (Å²) in [5, 5.41) is 7.61. The van der Waals surface area contributed by atoms with Crippen LogP contribution in [0.5, 0.6) is 0 Å². The van der Waals surface area contributed by atoms with Crippen molar-refractivity contribution in [3.8, 4) is 11.4 Å². The number of nitrogens with one attached hydrogen (secondary N) is 2. The van der Waals surface area contributed by atoms with Crippen LogP contribution in [0.2, 0.25) is 0 Å². The Morgan fingerprint density at radius 1 is 1.08 bits per heavy atom. The summed E-state index contributed by atoms with van der Waals surface area (Å²) in [7, 11) is -3.50. The molecule has 0 aliphatic carbocycles. The Morgan fingerprint density at radius 2 is 1.80 bits per heavy atom. The molecular weight excluding hydrogens is 424 g/mol. The Labute approximate surface area is 158 Å². The molecule has 2 N–H and O–H groups in total. The Kier molecular flexibility index (Phi) is 5.89. The number of benzene rings is 2. The molecule has 0 radical (unpaired) electrons. The van der Waals surface area contributed by atoms with E-state index in [1.54, 1.807) is 24.3 Å². The van der Waals surface area contributed by atoms with E-state index in [1.807, 2.05) is 30.3 Å². The Bertz CT molecular complexity index is 928. The summed E-state index contributed by atoms with van der Waals surface area (Å²) in [4.78, 5) is 4.64. The highest BCUT2D eigenvalue weighted by Gasteiger charge is 2.13. The standard InChI is InChI=1S/C16H15BrN4O2S2/c17-13-6-8-14(9-7-13)25(22,23)18-10-11-24-16-19-15(20-21-16)12-4-2-1-3-5-12/h1-9,18H,10-11H2,(H,19,20,21). The highest BCUT2D eigenvalue weighted by atomic mass is 79.9. The van der Waals surface area contributed by atoms with Gasteiger partial charge in [-0.1, -0.05) is 58.0 Å². The second-order valence-electron chi connectivity index (χ2n) is 5.03. The first-order valence-corrected chi connectivity index (χ1v) is 10.7. The van der Waals surface area contributed by atoms with Crippen LogP contribution >= 0.6 is 27.7 Å². The van der Waals surface area contributed by atoms with Gasteiger partial charge < -0.3 is 0 Å². The van der Waals surface area contributed by atoms with Gasteiger partial charge in [0.15, 0.2) is 5.82 Å². The number of thioether (sulfide) groups is 1. The zero-order valence-electron chi connectivity index (χ0n) is 13.0. The van der Waals surface area contributed by atoms with Crippen LogP contribution in [0.3, 0.4) is 0 Å². The van der Waals surface area contributed by atoms with Gasteiger partial charge in [-0.2, -0.15) is 0 Å². The third kappa shape index (κ3) is 4.91. The molecule has 25 heavy (non-hydrogen) atoms. The summed E-state index contributed by atoms with van der Waals surface area (Å²) in [6.45, 7) is 0.290. The maximum absolute atomic E-state index is 12.2. The van der Waals surface area contributed by atoms with Gasteiger partial charge in [0.1, 0.15) is 0 Å². The van der Waals surface area contributed by atoms with Crippen molar-refractivity contribution >= 4 is 37.7 Å². The van der Waals surface area contributed by atoms with Crippen LogP contribution in [0.25, 0.3) is 11.4 Å². The van der Waals surface area contributed by atoms with Crippen molar-refractivity contribution in [2.45, 2.75) is 10.1 Å². The molecule has 6 nitrogen and oxygen atoms in total. The predicted molar refractivity (Wildman–Crippen MR) is 102 cm³/mol. The number of rotatable bonds is 7. The monoisotopic (exact) mass is 438 g/mol. The molecule has 0 unspecified atom stereocenters. The topological polar surface area (TPSA) is 87.7 Å². The average molecular weight is 439 g/mol. The highest BCUT2D eigenvalue weighted by Crippen LogP contribution is 2.19. The van der Waals surface area contributed by atoms with Crippen molar-refractivity contribution in [1.29, 1.82) is 0 Å². The lowest BCUT2D eigenvalue weighted by Gasteiger charge is -2.05. The van der Waals surface area contributed by atoms with Gasteiger partial charge in [0.25, 0.3) is 0 Å². The third-order valence-electron chi connectivity index (χ3n) is 3.26. The summed E-state index contributed by atoms with van der Waals surface area (Å²) >= 11 is 4.67. The molecule has 1 aromatic heterocycles. The molecule has 2 aromatic carbocycles. The first kappa shape index (κ1) is 18.1. The normalized spacial score (nSPS) is 11.6. The lowest BCUT2D eigenvalue weighted by Crippen LogP contribution is -2.26. The molecule has 0 atom stereocenters. The van der Waals surface area contributed by atoms with Gasteiger partial charge in [-0.15, -0.1) is 5.10 Å². The fraction of sp³-hybridized carbons (Fsp3) is 0.125. The molecule has 0 amide bonds. The summed E-state index contributed by atoms with van der Waals surface area (Å²) in [5.41, 5.74) is 0.956. The quantitative estimate of drug-likeness (QED) is 0.436. The minimum atomic E-state index is -3.50. The summed E-state index contributed by atoms with van der Waals surface area (Å²) in [6.07, 6.45) is 0. The van der Waals surface area contributed by atoms with Gasteiger partial charge >= 0.3 is 0 Å². The lowest BCUT2D eigenvalue weighted by molar-refractivity contribution is 0.584. The maximum Gasteiger partial charge on any atom is 0.240 e. The van der Waals surface area contributed by atoms with Gasteiger partial charge in [-0.25, -0.2) is 18.1 Å². The SMILES string of the molecule is O=S(=O)(NCCSc1n[nH]c(-c2ccccc2)n1)c1ccc(Br)cc1. The van der Waals surface area contributed by atoms with E-state index in [2.05, 4.69) is 35.8 Å². The third-order valence-corrected chi connectivity index (χ3v) is 6.12. The van der Waals surface area contributed by atoms with Crippen molar-refractivity contribution in [3.63, 3.8) is 0 Å². The van der Waals surface area contributed by atoms with Crippen LogP contribution in [0.4, 0.5) is 0 Å². The highest BCUT2D eigenvalue weighted by molar-refractivity contribution is 9.10. The van der Waals surface area contributed by atoms with Crippen LogP contribution in [-0.2, 0) is 10.0 Å². The summed E-state index contributed by atoms with van der Waals surface area (Å²) in [5.74, 6) is 1.22. The number of sulfonamides is 1. The number of aromatic amines is 1. The van der Waals surface area contributed by atoms with Crippen LogP contribution in [-0.4, -0.2) is 35.9 Å². The predicted octanol–water partition coefficient (Wildman–Crippen LogP) is 3.30. The average Bonchev–Trinajstić information content (AvgIpc) is 3.09. The second kappa shape index (κ2) is 8.13. The number of hydrogen-bond donors (Lipinski definition) is 2. The molecule has 0 aliphatic heterocycles. The number of H-pyrrole nitrogens is 1. The zero-order valence-corrected chi connectivity index (χ0v) is 16.2. The molecule has 3 aromatic rings. The smallest absolute Gasteiger partial charge is 0.240 e. The van der Waals surface area contributed by atoms with Gasteiger partial charge in [0, 0.05) is 22.3 Å². The molecule has 0 bridgehead atoms. The molecule has 0 saturated carbocycles. The van der Waals surface area contributed by atoms with Crippen molar-refractivity contribution in [2.75, 3.05) is 12.3 Å². The molecular formula is C16H15BrN4O2S2. The van der Waals surface area contributed by atoms with E-state index >= 15 is 0 Å². The number of aromatic nitrogens is 3. The lowest BCUT2D eigenvalue weighted by atomic mass is 10.2. The maximum atomic E-state index is 12.2. The second-order valence-corrected chi connectivity index (χ2v) is 8.78.